The molecule has 0 aliphatic carbocycles. The van der Waals surface area contributed by atoms with Crippen LogP contribution in [0.5, 0.6) is 11.5 Å². The fraction of sp³-hybridized carbons (Fsp3) is 0.0909. The normalized spacial score (nSPS) is 11.1. The molecule has 0 fully saturated rings. The molecule has 1 heterocycles. The van der Waals surface area contributed by atoms with Gasteiger partial charge in [-0.2, -0.15) is 0 Å². The van der Waals surface area contributed by atoms with Gasteiger partial charge in [0.25, 0.3) is 5.69 Å². The van der Waals surface area contributed by atoms with E-state index < -0.39 is 4.92 Å². The first-order valence-corrected chi connectivity index (χ1v) is 9.32. The standard InChI is InChI=1S/C22H18N4O5/c1-30-21-10-15(12-23-16-5-8-18-19(11-16)25-22(27)24-18)4-9-20(21)31-13-14-2-6-17(7-3-14)26(28)29/h2-12H,13H2,1H3,(H2,24,25,27). The number of benzene rings is 3. The average Bonchev–Trinajstić information content (AvgIpc) is 3.16. The van der Waals surface area contributed by atoms with Crippen LogP contribution in [0.3, 0.4) is 0 Å². The lowest BCUT2D eigenvalue weighted by Gasteiger charge is -2.11. The number of nitro benzene ring substituents is 1. The van der Waals surface area contributed by atoms with Gasteiger partial charge in [-0.3, -0.25) is 15.1 Å². The minimum atomic E-state index is -0.441. The maximum atomic E-state index is 11.4. The Hall–Kier alpha value is -4.40. The molecule has 0 radical (unpaired) electrons. The topological polar surface area (TPSA) is 123 Å². The van der Waals surface area contributed by atoms with Crippen molar-refractivity contribution in [2.75, 3.05) is 7.11 Å². The number of H-pyrrole nitrogens is 2. The van der Waals surface area contributed by atoms with Crippen LogP contribution in [0.4, 0.5) is 11.4 Å². The van der Waals surface area contributed by atoms with Gasteiger partial charge < -0.3 is 19.4 Å². The highest BCUT2D eigenvalue weighted by Gasteiger charge is 2.08. The Morgan fingerprint density at radius 1 is 1.00 bits per heavy atom. The van der Waals surface area contributed by atoms with Gasteiger partial charge in [-0.15, -0.1) is 0 Å². The van der Waals surface area contributed by atoms with Gasteiger partial charge in [0.05, 0.1) is 28.8 Å². The molecule has 0 spiro atoms. The van der Waals surface area contributed by atoms with Crippen LogP contribution in [0.2, 0.25) is 0 Å². The monoisotopic (exact) mass is 418 g/mol. The molecule has 3 aromatic carbocycles. The molecular weight excluding hydrogens is 400 g/mol. The molecule has 0 unspecified atom stereocenters. The van der Waals surface area contributed by atoms with Crippen LogP contribution in [0.1, 0.15) is 11.1 Å². The number of non-ortho nitro benzene ring substituents is 1. The summed E-state index contributed by atoms with van der Waals surface area (Å²) in [6.45, 7) is 0.247. The van der Waals surface area contributed by atoms with Crippen LogP contribution in [0.15, 0.2) is 70.5 Å². The van der Waals surface area contributed by atoms with Gasteiger partial charge >= 0.3 is 5.69 Å². The molecule has 0 aliphatic rings. The molecule has 0 bridgehead atoms. The predicted octanol–water partition coefficient (Wildman–Crippen LogP) is 4.10. The molecule has 0 saturated heterocycles. The van der Waals surface area contributed by atoms with Gasteiger partial charge in [-0.1, -0.05) is 0 Å². The molecule has 4 rings (SSSR count). The highest BCUT2D eigenvalue weighted by atomic mass is 16.6. The molecule has 9 heteroatoms. The number of imidazole rings is 1. The van der Waals surface area contributed by atoms with Crippen molar-refractivity contribution in [1.82, 2.24) is 9.97 Å². The number of aromatic nitrogens is 2. The van der Waals surface area contributed by atoms with Crippen LogP contribution in [0, 0.1) is 10.1 Å². The third-order valence-electron chi connectivity index (χ3n) is 4.59. The summed E-state index contributed by atoms with van der Waals surface area (Å²) < 4.78 is 11.2. The quantitative estimate of drug-likeness (QED) is 0.266. The Kier molecular flexibility index (Phi) is 5.48. The number of ether oxygens (including phenoxy) is 2. The molecule has 2 N–H and O–H groups in total. The number of hydrogen-bond donors (Lipinski definition) is 2. The zero-order chi connectivity index (χ0) is 21.8. The zero-order valence-corrected chi connectivity index (χ0v) is 16.5. The van der Waals surface area contributed by atoms with E-state index in [2.05, 4.69) is 15.0 Å². The van der Waals surface area contributed by atoms with E-state index in [4.69, 9.17) is 9.47 Å². The van der Waals surface area contributed by atoms with Crippen molar-refractivity contribution in [3.8, 4) is 11.5 Å². The van der Waals surface area contributed by atoms with Crippen molar-refractivity contribution in [1.29, 1.82) is 0 Å². The van der Waals surface area contributed by atoms with Crippen molar-refractivity contribution >= 4 is 28.6 Å². The Morgan fingerprint density at radius 2 is 1.77 bits per heavy atom. The second kappa shape index (κ2) is 8.54. The summed E-state index contributed by atoms with van der Waals surface area (Å²) in [7, 11) is 1.55. The van der Waals surface area contributed by atoms with Crippen molar-refractivity contribution in [3.63, 3.8) is 0 Å². The van der Waals surface area contributed by atoms with E-state index in [1.165, 1.54) is 12.1 Å². The van der Waals surface area contributed by atoms with E-state index in [9.17, 15) is 14.9 Å². The molecule has 0 aliphatic heterocycles. The van der Waals surface area contributed by atoms with Crippen LogP contribution in [-0.2, 0) is 6.61 Å². The summed E-state index contributed by atoms with van der Waals surface area (Å²) in [6.07, 6.45) is 1.69. The molecule has 156 valence electrons. The van der Waals surface area contributed by atoms with Gasteiger partial charge in [-0.25, -0.2) is 4.79 Å². The van der Waals surface area contributed by atoms with Gasteiger partial charge in [0, 0.05) is 18.3 Å². The van der Waals surface area contributed by atoms with E-state index in [0.717, 1.165) is 16.6 Å². The van der Waals surface area contributed by atoms with Gasteiger partial charge in [0.15, 0.2) is 11.5 Å². The maximum Gasteiger partial charge on any atom is 0.323 e. The number of rotatable bonds is 7. The molecule has 1 aromatic heterocycles. The molecule has 9 nitrogen and oxygen atoms in total. The Bertz CT molecular complexity index is 1320. The lowest BCUT2D eigenvalue weighted by molar-refractivity contribution is -0.384. The van der Waals surface area contributed by atoms with E-state index in [0.29, 0.717) is 22.7 Å². The zero-order valence-electron chi connectivity index (χ0n) is 16.5. The Balaban J connectivity index is 1.47. The number of fused-ring (bicyclic) bond motifs is 1. The summed E-state index contributed by atoms with van der Waals surface area (Å²) in [5.41, 5.74) is 3.49. The fourth-order valence-corrected chi connectivity index (χ4v) is 3.01. The lowest BCUT2D eigenvalue weighted by atomic mass is 10.2. The van der Waals surface area contributed by atoms with E-state index in [1.807, 2.05) is 12.1 Å². The Labute approximate surface area is 176 Å². The molecule has 0 atom stereocenters. The number of aromatic amines is 2. The third kappa shape index (κ3) is 4.61. The maximum absolute atomic E-state index is 11.4. The molecule has 0 saturated carbocycles. The van der Waals surface area contributed by atoms with Gasteiger partial charge in [-0.05, 0) is 59.7 Å². The highest BCUT2D eigenvalue weighted by molar-refractivity contribution is 5.85. The second-order valence-electron chi connectivity index (χ2n) is 6.69. The second-order valence-corrected chi connectivity index (χ2v) is 6.69. The van der Waals surface area contributed by atoms with Gasteiger partial charge in [0.2, 0.25) is 0 Å². The van der Waals surface area contributed by atoms with Crippen molar-refractivity contribution in [3.05, 3.63) is 92.4 Å². The number of aliphatic imine (C=N–C) groups is 1. The first-order chi connectivity index (χ1) is 15.0. The third-order valence-corrected chi connectivity index (χ3v) is 4.59. The van der Waals surface area contributed by atoms with Crippen molar-refractivity contribution in [2.24, 2.45) is 4.99 Å². The minimum absolute atomic E-state index is 0.0342. The summed E-state index contributed by atoms with van der Waals surface area (Å²) >= 11 is 0. The van der Waals surface area contributed by atoms with Crippen molar-refractivity contribution < 1.29 is 14.4 Å². The number of methoxy groups -OCH3 is 1. The average molecular weight is 418 g/mol. The molecule has 0 amide bonds. The molecule has 31 heavy (non-hydrogen) atoms. The predicted molar refractivity (Wildman–Crippen MR) is 117 cm³/mol. The van der Waals surface area contributed by atoms with E-state index >= 15 is 0 Å². The highest BCUT2D eigenvalue weighted by Crippen LogP contribution is 2.29. The lowest BCUT2D eigenvalue weighted by Crippen LogP contribution is -1.99. The van der Waals surface area contributed by atoms with E-state index in [1.54, 1.807) is 49.7 Å². The summed E-state index contributed by atoms with van der Waals surface area (Å²) in [6, 6.07) is 17.0. The number of hydrogen-bond acceptors (Lipinski definition) is 6. The smallest absolute Gasteiger partial charge is 0.323 e. The van der Waals surface area contributed by atoms with Gasteiger partial charge in [0.1, 0.15) is 6.61 Å². The first kappa shape index (κ1) is 19.9. The summed E-state index contributed by atoms with van der Waals surface area (Å²) in [4.78, 5) is 31.5. The van der Waals surface area contributed by atoms with Crippen LogP contribution in [-0.4, -0.2) is 28.2 Å². The number of nitrogens with one attached hydrogen (secondary N) is 2. The van der Waals surface area contributed by atoms with Crippen LogP contribution >= 0.6 is 0 Å². The van der Waals surface area contributed by atoms with Crippen LogP contribution < -0.4 is 15.2 Å². The van der Waals surface area contributed by atoms with Crippen LogP contribution in [0.25, 0.3) is 11.0 Å². The SMILES string of the molecule is COc1cc(C=Nc2ccc3[nH]c(=O)[nH]c3c2)ccc1OCc1ccc([N+](=O)[O-])cc1. The first-order valence-electron chi connectivity index (χ1n) is 9.32. The van der Waals surface area contributed by atoms with Crippen molar-refractivity contribution in [2.45, 2.75) is 6.61 Å². The molecular formula is C22H18N4O5. The number of nitrogens with zero attached hydrogens (tertiary/aromatic N) is 2. The largest absolute Gasteiger partial charge is 0.493 e. The van der Waals surface area contributed by atoms with E-state index in [-0.39, 0.29) is 18.0 Å². The minimum Gasteiger partial charge on any atom is -0.493 e. The summed E-state index contributed by atoms with van der Waals surface area (Å²) in [5, 5.41) is 10.7. The number of nitro groups is 1. The fourth-order valence-electron chi connectivity index (χ4n) is 3.01. The Morgan fingerprint density at radius 3 is 2.52 bits per heavy atom. The summed E-state index contributed by atoms with van der Waals surface area (Å²) in [5.74, 6) is 1.08. The molecule has 4 aromatic rings.